The Balaban J connectivity index is 1.50. The van der Waals surface area contributed by atoms with Gasteiger partial charge < -0.3 is 9.64 Å². The average molecular weight is 477 g/mol. The predicted molar refractivity (Wildman–Crippen MR) is 133 cm³/mol. The van der Waals surface area contributed by atoms with Crippen molar-refractivity contribution in [3.63, 3.8) is 0 Å². The monoisotopic (exact) mass is 476 g/mol. The van der Waals surface area contributed by atoms with E-state index in [1.807, 2.05) is 36.7 Å². The van der Waals surface area contributed by atoms with E-state index in [0.717, 1.165) is 55.2 Å². The van der Waals surface area contributed by atoms with E-state index in [-0.39, 0.29) is 5.82 Å². The Labute approximate surface area is 202 Å². The van der Waals surface area contributed by atoms with Crippen LogP contribution in [0.25, 0.3) is 10.4 Å². The summed E-state index contributed by atoms with van der Waals surface area (Å²) in [4.78, 5) is 12.5. The average Bonchev–Trinajstić information content (AvgIpc) is 2.99. The van der Waals surface area contributed by atoms with Gasteiger partial charge in [0, 0.05) is 29.8 Å². The third-order valence-corrected chi connectivity index (χ3v) is 7.62. The highest BCUT2D eigenvalue weighted by atomic mass is 32.1. The van der Waals surface area contributed by atoms with Gasteiger partial charge in [-0.3, -0.25) is 5.73 Å². The number of fused-ring (bicyclic) bond motifs is 1. The standard InChI is InChI=1S/C26H26FN5OS/c1-16-22(12-18-4-7-21(27)8-5-18)25(30-15-29-16)32-10-11-33-23-9-6-19(13-20(23)14-32)24-17(2)31(3)26(28)34-24/h4-9,13,15,28H,10-12,14H2,1-3H3/p+1. The van der Waals surface area contributed by atoms with Crippen LogP contribution < -0.4 is 19.9 Å². The molecule has 0 radical (unpaired) electrons. The van der Waals surface area contributed by atoms with Crippen molar-refractivity contribution in [1.82, 2.24) is 9.97 Å². The molecule has 2 aromatic carbocycles. The first-order valence-electron chi connectivity index (χ1n) is 11.2. The van der Waals surface area contributed by atoms with Crippen LogP contribution >= 0.6 is 11.3 Å². The van der Waals surface area contributed by atoms with Gasteiger partial charge in [-0.25, -0.2) is 18.9 Å². The van der Waals surface area contributed by atoms with Gasteiger partial charge in [0.15, 0.2) is 0 Å². The number of hydrogen-bond acceptors (Lipinski definition) is 6. The summed E-state index contributed by atoms with van der Waals surface area (Å²) in [5.41, 5.74) is 12.5. The second-order valence-electron chi connectivity index (χ2n) is 8.57. The summed E-state index contributed by atoms with van der Waals surface area (Å²) in [6.07, 6.45) is 2.25. The van der Waals surface area contributed by atoms with Crippen molar-refractivity contribution < 1.29 is 13.7 Å². The molecule has 1 aliphatic heterocycles. The third kappa shape index (κ3) is 4.21. The molecule has 2 aromatic heterocycles. The number of hydrogen-bond donors (Lipinski definition) is 1. The quantitative estimate of drug-likeness (QED) is 0.444. The van der Waals surface area contributed by atoms with Gasteiger partial charge in [-0.1, -0.05) is 12.1 Å². The highest BCUT2D eigenvalue weighted by molar-refractivity contribution is 7.18. The molecule has 0 fully saturated rings. The molecule has 0 spiro atoms. The number of rotatable bonds is 4. The summed E-state index contributed by atoms with van der Waals surface area (Å²) in [5.74, 6) is 1.55. The molecule has 0 saturated carbocycles. The van der Waals surface area contributed by atoms with Crippen molar-refractivity contribution in [3.05, 3.63) is 82.7 Å². The molecule has 0 aliphatic carbocycles. The molecule has 34 heavy (non-hydrogen) atoms. The fraction of sp³-hybridized carbons (Fsp3) is 0.269. The molecule has 0 amide bonds. The lowest BCUT2D eigenvalue weighted by Crippen LogP contribution is -2.32. The maximum atomic E-state index is 13.4. The minimum Gasteiger partial charge on any atom is -0.491 e. The molecule has 0 unspecified atom stereocenters. The van der Waals surface area contributed by atoms with E-state index < -0.39 is 0 Å². The Morgan fingerprint density at radius 2 is 1.94 bits per heavy atom. The summed E-state index contributed by atoms with van der Waals surface area (Å²) in [7, 11) is 1.99. The molecule has 174 valence electrons. The first kappa shape index (κ1) is 22.3. The number of ether oxygens (including phenoxy) is 1. The van der Waals surface area contributed by atoms with Crippen molar-refractivity contribution in [2.75, 3.05) is 23.8 Å². The minimum absolute atomic E-state index is 0.238. The number of benzene rings is 2. The largest absolute Gasteiger partial charge is 0.491 e. The van der Waals surface area contributed by atoms with Crippen LogP contribution in [0.2, 0.25) is 0 Å². The number of anilines is 2. The van der Waals surface area contributed by atoms with Gasteiger partial charge >= 0.3 is 5.13 Å². The van der Waals surface area contributed by atoms with Gasteiger partial charge in [0.2, 0.25) is 0 Å². The highest BCUT2D eigenvalue weighted by Gasteiger charge is 2.23. The normalized spacial score (nSPS) is 13.4. The van der Waals surface area contributed by atoms with E-state index in [0.29, 0.717) is 26.1 Å². The summed E-state index contributed by atoms with van der Waals surface area (Å²) < 4.78 is 21.5. The Hall–Kier alpha value is -3.52. The number of thiazole rings is 1. The number of nitrogens with zero attached hydrogens (tertiary/aromatic N) is 4. The van der Waals surface area contributed by atoms with Gasteiger partial charge in [0.25, 0.3) is 0 Å². The summed E-state index contributed by atoms with van der Waals surface area (Å²) >= 11 is 1.59. The third-order valence-electron chi connectivity index (χ3n) is 6.40. The van der Waals surface area contributed by atoms with Gasteiger partial charge in [-0.2, -0.15) is 0 Å². The second-order valence-corrected chi connectivity index (χ2v) is 9.60. The molecule has 1 aliphatic rings. The van der Waals surface area contributed by atoms with Crippen molar-refractivity contribution in [3.8, 4) is 16.2 Å². The van der Waals surface area contributed by atoms with E-state index in [1.165, 1.54) is 12.1 Å². The van der Waals surface area contributed by atoms with Gasteiger partial charge in [-0.05, 0) is 66.6 Å². The van der Waals surface area contributed by atoms with Crippen LogP contribution in [0.3, 0.4) is 0 Å². The number of nitrogen functional groups attached to an aromatic ring is 1. The summed E-state index contributed by atoms with van der Waals surface area (Å²) in [6, 6.07) is 13.0. The lowest BCUT2D eigenvalue weighted by atomic mass is 10.0. The molecule has 8 heteroatoms. The molecule has 5 rings (SSSR count). The molecule has 0 saturated heterocycles. The SMILES string of the molecule is Cc1ncnc(N2CCOc3ccc(-c4sc(N)[n+](C)c4C)cc3C2)c1Cc1ccc(F)cc1. The van der Waals surface area contributed by atoms with E-state index in [2.05, 4.69) is 33.9 Å². The molecular weight excluding hydrogens is 449 g/mol. The van der Waals surface area contributed by atoms with Crippen molar-refractivity contribution in [2.45, 2.75) is 26.8 Å². The second kappa shape index (κ2) is 9.02. The first-order valence-corrected chi connectivity index (χ1v) is 12.0. The smallest absolute Gasteiger partial charge is 0.332 e. The topological polar surface area (TPSA) is 68.1 Å². The number of aryl methyl sites for hydroxylation is 1. The molecule has 3 heterocycles. The Morgan fingerprint density at radius 3 is 2.68 bits per heavy atom. The molecule has 0 atom stereocenters. The van der Waals surface area contributed by atoms with Crippen molar-refractivity contribution in [1.29, 1.82) is 0 Å². The molecule has 4 aromatic rings. The predicted octanol–water partition coefficient (Wildman–Crippen LogP) is 4.36. The molecule has 0 bridgehead atoms. The number of nitrogens with two attached hydrogens (primary N) is 1. The van der Waals surface area contributed by atoms with E-state index in [9.17, 15) is 4.39 Å². The number of halogens is 1. The van der Waals surface area contributed by atoms with Crippen molar-refractivity contribution >= 4 is 22.3 Å². The van der Waals surface area contributed by atoms with Crippen LogP contribution in [0.4, 0.5) is 15.3 Å². The van der Waals surface area contributed by atoms with E-state index in [4.69, 9.17) is 10.5 Å². The zero-order valence-electron chi connectivity index (χ0n) is 19.5. The maximum Gasteiger partial charge on any atom is 0.332 e. The van der Waals surface area contributed by atoms with Crippen molar-refractivity contribution in [2.24, 2.45) is 7.05 Å². The number of aromatic nitrogens is 3. The van der Waals surface area contributed by atoms with Crippen LogP contribution in [0, 0.1) is 19.7 Å². The zero-order chi connectivity index (χ0) is 23.8. The van der Waals surface area contributed by atoms with Gasteiger partial charge in [0.1, 0.15) is 36.0 Å². The highest BCUT2D eigenvalue weighted by Crippen LogP contribution is 2.35. The van der Waals surface area contributed by atoms with Crippen LogP contribution in [-0.2, 0) is 20.0 Å². The Kier molecular flexibility index (Phi) is 5.91. The van der Waals surface area contributed by atoms with Crippen LogP contribution in [0.5, 0.6) is 5.75 Å². The Bertz CT molecular complexity index is 1350. The lowest BCUT2D eigenvalue weighted by Gasteiger charge is -2.24. The lowest BCUT2D eigenvalue weighted by molar-refractivity contribution is -0.658. The molecule has 6 nitrogen and oxygen atoms in total. The minimum atomic E-state index is -0.238. The van der Waals surface area contributed by atoms with Gasteiger partial charge in [0.05, 0.1) is 18.5 Å². The summed E-state index contributed by atoms with van der Waals surface area (Å²) in [5, 5.41) is 0.780. The molecule has 2 N–H and O–H groups in total. The zero-order valence-corrected chi connectivity index (χ0v) is 20.3. The maximum absolute atomic E-state index is 13.4. The van der Waals surface area contributed by atoms with Crippen LogP contribution in [0.1, 0.15) is 28.1 Å². The van der Waals surface area contributed by atoms with Crippen LogP contribution in [-0.4, -0.2) is 23.1 Å². The fourth-order valence-electron chi connectivity index (χ4n) is 4.32. The summed E-state index contributed by atoms with van der Waals surface area (Å²) in [6.45, 7) is 6.01. The van der Waals surface area contributed by atoms with Crippen LogP contribution in [0.15, 0.2) is 48.8 Å². The Morgan fingerprint density at radius 1 is 1.15 bits per heavy atom. The fourth-order valence-corrected chi connectivity index (χ4v) is 5.33. The first-order chi connectivity index (χ1) is 16.4. The van der Waals surface area contributed by atoms with E-state index in [1.54, 1.807) is 17.7 Å². The van der Waals surface area contributed by atoms with Gasteiger partial charge in [-0.15, -0.1) is 0 Å². The molecular formula is C26H27FN5OS+. The van der Waals surface area contributed by atoms with E-state index >= 15 is 0 Å².